The molecule has 1 N–H and O–H groups in total. The van der Waals surface area contributed by atoms with Crippen molar-refractivity contribution in [1.29, 1.82) is 5.41 Å². The van der Waals surface area contributed by atoms with Gasteiger partial charge in [-0.15, -0.1) is 0 Å². The molecule has 0 spiro atoms. The van der Waals surface area contributed by atoms with Crippen molar-refractivity contribution in [2.24, 2.45) is 0 Å². The normalized spacial score (nSPS) is 15.0. The summed E-state index contributed by atoms with van der Waals surface area (Å²) in [6.45, 7) is 9.81. The average molecular weight is 233 g/mol. The van der Waals surface area contributed by atoms with E-state index in [2.05, 4.69) is 34.1 Å². The zero-order chi connectivity index (χ0) is 12.7. The lowest BCUT2D eigenvalue weighted by Gasteiger charge is -2.36. The standard InChI is InChI=1S/C12H17N3.C2H6/c1-11(13)14-7-9-15(10-8-14)12-5-3-2-4-6-12;1-2/h2-6,13H,7-10H2,1H3;1-2H3. The van der Waals surface area contributed by atoms with Gasteiger partial charge in [0.2, 0.25) is 0 Å². The van der Waals surface area contributed by atoms with Gasteiger partial charge in [-0.25, -0.2) is 0 Å². The van der Waals surface area contributed by atoms with E-state index in [0.717, 1.165) is 26.2 Å². The number of anilines is 1. The number of piperazine rings is 1. The number of hydrogen-bond acceptors (Lipinski definition) is 2. The summed E-state index contributed by atoms with van der Waals surface area (Å²) in [6, 6.07) is 10.5. The van der Waals surface area contributed by atoms with Gasteiger partial charge < -0.3 is 9.80 Å². The molecule has 0 atom stereocenters. The molecule has 1 aromatic carbocycles. The molecule has 0 aliphatic carbocycles. The van der Waals surface area contributed by atoms with Gasteiger partial charge in [0.05, 0.1) is 5.84 Å². The van der Waals surface area contributed by atoms with Crippen LogP contribution in [-0.4, -0.2) is 36.9 Å². The quantitative estimate of drug-likeness (QED) is 0.597. The fourth-order valence-corrected chi connectivity index (χ4v) is 1.94. The summed E-state index contributed by atoms with van der Waals surface area (Å²) in [5.74, 6) is 0.683. The first kappa shape index (κ1) is 13.6. The van der Waals surface area contributed by atoms with Crippen LogP contribution in [0.4, 0.5) is 5.69 Å². The summed E-state index contributed by atoms with van der Waals surface area (Å²) in [5.41, 5.74) is 1.29. The molecule has 1 fully saturated rings. The molecule has 0 amide bonds. The number of hydrogen-bond donors (Lipinski definition) is 1. The maximum atomic E-state index is 7.57. The van der Waals surface area contributed by atoms with Crippen molar-refractivity contribution >= 4 is 11.5 Å². The zero-order valence-corrected chi connectivity index (χ0v) is 11.1. The molecule has 94 valence electrons. The summed E-state index contributed by atoms with van der Waals surface area (Å²) >= 11 is 0. The smallest absolute Gasteiger partial charge is 0.0927 e. The van der Waals surface area contributed by atoms with Crippen molar-refractivity contribution in [2.45, 2.75) is 20.8 Å². The molecule has 0 aromatic heterocycles. The van der Waals surface area contributed by atoms with Gasteiger partial charge in [-0.3, -0.25) is 5.41 Å². The van der Waals surface area contributed by atoms with Crippen molar-refractivity contribution in [1.82, 2.24) is 4.90 Å². The number of amidine groups is 1. The number of benzene rings is 1. The van der Waals surface area contributed by atoms with E-state index in [-0.39, 0.29) is 0 Å². The second-order valence-corrected chi connectivity index (χ2v) is 3.90. The van der Waals surface area contributed by atoms with Crippen molar-refractivity contribution < 1.29 is 0 Å². The third-order valence-corrected chi connectivity index (χ3v) is 2.88. The Bertz CT molecular complexity index is 327. The van der Waals surface area contributed by atoms with Gasteiger partial charge in [0.1, 0.15) is 0 Å². The number of nitrogens with zero attached hydrogens (tertiary/aromatic N) is 2. The van der Waals surface area contributed by atoms with Gasteiger partial charge >= 0.3 is 0 Å². The lowest BCUT2D eigenvalue weighted by molar-refractivity contribution is 0.382. The van der Waals surface area contributed by atoms with Crippen LogP contribution in [0.1, 0.15) is 20.8 Å². The van der Waals surface area contributed by atoms with Crippen molar-refractivity contribution in [3.05, 3.63) is 30.3 Å². The van der Waals surface area contributed by atoms with Crippen molar-refractivity contribution in [2.75, 3.05) is 31.1 Å². The van der Waals surface area contributed by atoms with Crippen LogP contribution in [0.3, 0.4) is 0 Å². The third kappa shape index (κ3) is 3.77. The number of nitrogens with one attached hydrogen (secondary N) is 1. The molecule has 17 heavy (non-hydrogen) atoms. The molecule has 1 heterocycles. The summed E-state index contributed by atoms with van der Waals surface area (Å²) in [5, 5.41) is 7.57. The molecule has 3 nitrogen and oxygen atoms in total. The Balaban J connectivity index is 0.000000686. The Morgan fingerprint density at radius 1 is 1.00 bits per heavy atom. The first-order chi connectivity index (χ1) is 8.27. The summed E-state index contributed by atoms with van der Waals surface area (Å²) in [7, 11) is 0. The van der Waals surface area contributed by atoms with Crippen LogP contribution >= 0.6 is 0 Å². The molecular weight excluding hydrogens is 210 g/mol. The Labute approximate surface area is 105 Å². The van der Waals surface area contributed by atoms with E-state index < -0.39 is 0 Å². The molecule has 0 radical (unpaired) electrons. The van der Waals surface area contributed by atoms with E-state index in [1.165, 1.54) is 5.69 Å². The summed E-state index contributed by atoms with van der Waals surface area (Å²) in [6.07, 6.45) is 0. The highest BCUT2D eigenvalue weighted by Gasteiger charge is 2.16. The number of rotatable bonds is 1. The van der Waals surface area contributed by atoms with Gasteiger partial charge in [0.25, 0.3) is 0 Å². The molecular formula is C14H23N3. The average Bonchev–Trinajstić information content (AvgIpc) is 2.42. The van der Waals surface area contributed by atoms with Crippen LogP contribution in [0.15, 0.2) is 30.3 Å². The lowest BCUT2D eigenvalue weighted by atomic mass is 10.2. The van der Waals surface area contributed by atoms with Gasteiger partial charge in [0, 0.05) is 31.9 Å². The molecule has 1 aromatic rings. The minimum absolute atomic E-state index is 0.683. The maximum Gasteiger partial charge on any atom is 0.0927 e. The van der Waals surface area contributed by atoms with Crippen LogP contribution in [-0.2, 0) is 0 Å². The zero-order valence-electron chi connectivity index (χ0n) is 11.1. The van der Waals surface area contributed by atoms with E-state index >= 15 is 0 Å². The Morgan fingerprint density at radius 2 is 1.53 bits per heavy atom. The van der Waals surface area contributed by atoms with Gasteiger partial charge in [0.15, 0.2) is 0 Å². The summed E-state index contributed by atoms with van der Waals surface area (Å²) in [4.78, 5) is 4.50. The van der Waals surface area contributed by atoms with Gasteiger partial charge in [-0.05, 0) is 19.1 Å². The second-order valence-electron chi connectivity index (χ2n) is 3.90. The first-order valence-electron chi connectivity index (χ1n) is 6.37. The van der Waals surface area contributed by atoms with Crippen LogP contribution in [0.2, 0.25) is 0 Å². The fraction of sp³-hybridized carbons (Fsp3) is 0.500. The van der Waals surface area contributed by atoms with E-state index in [1.54, 1.807) is 0 Å². The largest absolute Gasteiger partial charge is 0.368 e. The first-order valence-corrected chi connectivity index (χ1v) is 6.37. The molecule has 0 saturated carbocycles. The monoisotopic (exact) mass is 233 g/mol. The van der Waals surface area contributed by atoms with Crippen LogP contribution < -0.4 is 4.90 Å². The topological polar surface area (TPSA) is 30.3 Å². The Hall–Kier alpha value is -1.51. The SMILES string of the molecule is CC.CC(=N)N1CCN(c2ccccc2)CC1. The predicted molar refractivity (Wildman–Crippen MR) is 75.0 cm³/mol. The second kappa shape index (κ2) is 6.94. The van der Waals surface area contributed by atoms with Gasteiger partial charge in [-0.1, -0.05) is 32.0 Å². The molecule has 0 unspecified atom stereocenters. The third-order valence-electron chi connectivity index (χ3n) is 2.88. The fourth-order valence-electron chi connectivity index (χ4n) is 1.94. The van der Waals surface area contributed by atoms with Crippen molar-refractivity contribution in [3.8, 4) is 0 Å². The van der Waals surface area contributed by atoms with E-state index in [4.69, 9.17) is 5.41 Å². The summed E-state index contributed by atoms with van der Waals surface area (Å²) < 4.78 is 0. The number of para-hydroxylation sites is 1. The molecule has 1 aliphatic heterocycles. The lowest BCUT2D eigenvalue weighted by Crippen LogP contribution is -2.47. The Morgan fingerprint density at radius 3 is 2.00 bits per heavy atom. The highest BCUT2D eigenvalue weighted by molar-refractivity contribution is 5.76. The maximum absolute atomic E-state index is 7.57. The predicted octanol–water partition coefficient (Wildman–Crippen LogP) is 2.83. The highest BCUT2D eigenvalue weighted by atomic mass is 15.3. The molecule has 1 aliphatic rings. The minimum atomic E-state index is 0.683. The van der Waals surface area contributed by atoms with Crippen molar-refractivity contribution in [3.63, 3.8) is 0 Å². The van der Waals surface area contributed by atoms with Crippen LogP contribution in [0, 0.1) is 5.41 Å². The van der Waals surface area contributed by atoms with Gasteiger partial charge in [-0.2, -0.15) is 0 Å². The molecule has 3 heteroatoms. The van der Waals surface area contributed by atoms with E-state index in [1.807, 2.05) is 26.8 Å². The molecule has 2 rings (SSSR count). The van der Waals surface area contributed by atoms with Crippen LogP contribution in [0.5, 0.6) is 0 Å². The highest BCUT2D eigenvalue weighted by Crippen LogP contribution is 2.15. The van der Waals surface area contributed by atoms with E-state index in [9.17, 15) is 0 Å². The minimum Gasteiger partial charge on any atom is -0.368 e. The van der Waals surface area contributed by atoms with Crippen LogP contribution in [0.25, 0.3) is 0 Å². The molecule has 1 saturated heterocycles. The molecule has 0 bridgehead atoms. The Kier molecular flexibility index (Phi) is 5.53. The van der Waals surface area contributed by atoms with E-state index in [0.29, 0.717) is 5.84 Å².